The van der Waals surface area contributed by atoms with E-state index >= 15 is 0 Å². The molecule has 1 aromatic carbocycles. The minimum Gasteiger partial charge on any atom is -0.493 e. The Morgan fingerprint density at radius 2 is 2.12 bits per heavy atom. The van der Waals surface area contributed by atoms with E-state index < -0.39 is 0 Å². The highest BCUT2D eigenvalue weighted by Gasteiger charge is 2.13. The molecule has 1 aromatic rings. The number of hydrogen-bond acceptors (Lipinski definition) is 2. The number of hydrogen-bond donors (Lipinski definition) is 0. The summed E-state index contributed by atoms with van der Waals surface area (Å²) in [6.07, 6.45) is 1.11. The maximum atomic E-state index is 5.80. The predicted molar refractivity (Wildman–Crippen MR) is 70.6 cm³/mol. The summed E-state index contributed by atoms with van der Waals surface area (Å²) in [5.74, 6) is 1.91. The van der Waals surface area contributed by atoms with Crippen LogP contribution in [0.4, 0.5) is 0 Å². The summed E-state index contributed by atoms with van der Waals surface area (Å²) in [5, 5.41) is 0. The zero-order chi connectivity index (χ0) is 12.1. The van der Waals surface area contributed by atoms with Crippen LogP contribution in [-0.4, -0.2) is 13.2 Å². The van der Waals surface area contributed by atoms with Gasteiger partial charge in [-0.25, -0.2) is 0 Å². The number of methoxy groups -OCH3 is 1. The van der Waals surface area contributed by atoms with Crippen LogP contribution in [0.1, 0.15) is 25.8 Å². The van der Waals surface area contributed by atoms with Crippen molar-refractivity contribution in [1.29, 1.82) is 0 Å². The third-order valence-electron chi connectivity index (χ3n) is 2.34. The second-order valence-corrected chi connectivity index (χ2v) is 4.70. The van der Waals surface area contributed by atoms with Gasteiger partial charge in [0.1, 0.15) is 0 Å². The molecular weight excluding hydrogens is 291 g/mol. The first-order chi connectivity index (χ1) is 7.62. The Morgan fingerprint density at radius 1 is 1.44 bits per heavy atom. The van der Waals surface area contributed by atoms with Crippen molar-refractivity contribution in [2.75, 3.05) is 7.11 Å². The van der Waals surface area contributed by atoms with E-state index in [0.717, 1.165) is 22.2 Å². The van der Waals surface area contributed by atoms with Crippen molar-refractivity contribution >= 4 is 27.5 Å². The van der Waals surface area contributed by atoms with E-state index in [2.05, 4.69) is 22.9 Å². The van der Waals surface area contributed by atoms with E-state index in [1.807, 2.05) is 19.1 Å². The van der Waals surface area contributed by atoms with Gasteiger partial charge in [-0.1, -0.05) is 6.92 Å². The van der Waals surface area contributed by atoms with Gasteiger partial charge in [0, 0.05) is 5.88 Å². The van der Waals surface area contributed by atoms with E-state index in [4.69, 9.17) is 21.1 Å². The van der Waals surface area contributed by atoms with Gasteiger partial charge in [-0.05, 0) is 47.0 Å². The van der Waals surface area contributed by atoms with Crippen molar-refractivity contribution < 1.29 is 9.47 Å². The fourth-order valence-corrected chi connectivity index (χ4v) is 1.99. The summed E-state index contributed by atoms with van der Waals surface area (Å²) in [7, 11) is 1.63. The Hall–Kier alpha value is -0.410. The Bertz CT molecular complexity index is 355. The van der Waals surface area contributed by atoms with Gasteiger partial charge in [0.15, 0.2) is 11.5 Å². The van der Waals surface area contributed by atoms with Gasteiger partial charge in [-0.3, -0.25) is 0 Å². The standard InChI is InChI=1S/C12H16BrClO2/c1-4-8(2)16-12-10(13)5-9(7-14)6-11(12)15-3/h5-6,8H,4,7H2,1-3H3. The quantitative estimate of drug-likeness (QED) is 0.752. The molecule has 1 atom stereocenters. The first-order valence-corrected chi connectivity index (χ1v) is 6.54. The Morgan fingerprint density at radius 3 is 2.62 bits per heavy atom. The van der Waals surface area contributed by atoms with E-state index in [1.54, 1.807) is 7.11 Å². The van der Waals surface area contributed by atoms with Crippen LogP contribution < -0.4 is 9.47 Å². The third-order valence-corrected chi connectivity index (χ3v) is 3.24. The van der Waals surface area contributed by atoms with Crippen molar-refractivity contribution in [2.24, 2.45) is 0 Å². The first kappa shape index (κ1) is 13.7. The number of benzene rings is 1. The second kappa shape index (κ2) is 6.36. The monoisotopic (exact) mass is 306 g/mol. The van der Waals surface area contributed by atoms with Crippen molar-refractivity contribution in [3.63, 3.8) is 0 Å². The van der Waals surface area contributed by atoms with E-state index in [1.165, 1.54) is 0 Å². The minimum absolute atomic E-state index is 0.159. The number of ether oxygens (including phenoxy) is 2. The summed E-state index contributed by atoms with van der Waals surface area (Å²) in [5.41, 5.74) is 1.00. The zero-order valence-electron chi connectivity index (χ0n) is 9.72. The molecule has 0 fully saturated rings. The van der Waals surface area contributed by atoms with Crippen molar-refractivity contribution in [3.8, 4) is 11.5 Å². The summed E-state index contributed by atoms with van der Waals surface area (Å²) in [6.45, 7) is 4.11. The number of alkyl halides is 1. The summed E-state index contributed by atoms with van der Waals surface area (Å²) < 4.78 is 12.0. The molecule has 0 aliphatic heterocycles. The van der Waals surface area contributed by atoms with E-state index in [0.29, 0.717) is 11.6 Å². The lowest BCUT2D eigenvalue weighted by atomic mass is 10.2. The fourth-order valence-electron chi connectivity index (χ4n) is 1.25. The number of halogens is 2. The van der Waals surface area contributed by atoms with Crippen LogP contribution in [0.3, 0.4) is 0 Å². The Labute approximate surface area is 110 Å². The van der Waals surface area contributed by atoms with Crippen molar-refractivity contribution in [3.05, 3.63) is 22.2 Å². The molecule has 1 unspecified atom stereocenters. The highest BCUT2D eigenvalue weighted by Crippen LogP contribution is 2.37. The molecule has 16 heavy (non-hydrogen) atoms. The second-order valence-electron chi connectivity index (χ2n) is 3.58. The summed E-state index contributed by atoms with van der Waals surface area (Å²) in [4.78, 5) is 0. The molecule has 0 bridgehead atoms. The normalized spacial score (nSPS) is 12.3. The lowest BCUT2D eigenvalue weighted by Gasteiger charge is -2.17. The summed E-state index contributed by atoms with van der Waals surface area (Å²) in [6, 6.07) is 3.85. The molecule has 1 rings (SSSR count). The molecule has 0 saturated heterocycles. The molecule has 0 spiro atoms. The average Bonchev–Trinajstić information content (AvgIpc) is 2.30. The lowest BCUT2D eigenvalue weighted by Crippen LogP contribution is -2.11. The van der Waals surface area contributed by atoms with Crippen LogP contribution >= 0.6 is 27.5 Å². The molecule has 0 N–H and O–H groups in total. The largest absolute Gasteiger partial charge is 0.493 e. The maximum Gasteiger partial charge on any atom is 0.175 e. The maximum absolute atomic E-state index is 5.80. The average molecular weight is 308 g/mol. The first-order valence-electron chi connectivity index (χ1n) is 5.21. The molecule has 0 aromatic heterocycles. The predicted octanol–water partition coefficient (Wildman–Crippen LogP) is 4.37. The highest BCUT2D eigenvalue weighted by atomic mass is 79.9. The van der Waals surface area contributed by atoms with Gasteiger partial charge in [0.05, 0.1) is 17.7 Å². The Balaban J connectivity index is 3.06. The van der Waals surface area contributed by atoms with Crippen LogP contribution in [0.25, 0.3) is 0 Å². The molecule has 2 nitrogen and oxygen atoms in total. The zero-order valence-corrected chi connectivity index (χ0v) is 12.1. The smallest absolute Gasteiger partial charge is 0.175 e. The molecule has 4 heteroatoms. The van der Waals surface area contributed by atoms with Crippen LogP contribution in [0.2, 0.25) is 0 Å². The molecular formula is C12H16BrClO2. The molecule has 0 amide bonds. The van der Waals surface area contributed by atoms with Gasteiger partial charge in [0.2, 0.25) is 0 Å². The van der Waals surface area contributed by atoms with Crippen LogP contribution in [-0.2, 0) is 5.88 Å². The van der Waals surface area contributed by atoms with Gasteiger partial charge in [0.25, 0.3) is 0 Å². The van der Waals surface area contributed by atoms with E-state index in [-0.39, 0.29) is 6.10 Å². The van der Waals surface area contributed by atoms with Crippen LogP contribution in [0.15, 0.2) is 16.6 Å². The molecule has 90 valence electrons. The van der Waals surface area contributed by atoms with Gasteiger partial charge in [-0.15, -0.1) is 11.6 Å². The van der Waals surface area contributed by atoms with Gasteiger partial charge < -0.3 is 9.47 Å². The molecule has 0 heterocycles. The lowest BCUT2D eigenvalue weighted by molar-refractivity contribution is 0.206. The minimum atomic E-state index is 0.159. The SMILES string of the molecule is CCC(C)Oc1c(Br)cc(CCl)cc1OC. The Kier molecular flexibility index (Phi) is 5.42. The van der Waals surface area contributed by atoms with Crippen LogP contribution in [0, 0.1) is 0 Å². The molecule has 0 radical (unpaired) electrons. The third kappa shape index (κ3) is 3.29. The van der Waals surface area contributed by atoms with Crippen molar-refractivity contribution in [1.82, 2.24) is 0 Å². The van der Waals surface area contributed by atoms with Crippen LogP contribution in [0.5, 0.6) is 11.5 Å². The highest BCUT2D eigenvalue weighted by molar-refractivity contribution is 9.10. The van der Waals surface area contributed by atoms with Gasteiger partial charge >= 0.3 is 0 Å². The molecule has 0 aliphatic carbocycles. The van der Waals surface area contributed by atoms with Gasteiger partial charge in [-0.2, -0.15) is 0 Å². The molecule has 0 aliphatic rings. The number of rotatable bonds is 5. The van der Waals surface area contributed by atoms with Crippen molar-refractivity contribution in [2.45, 2.75) is 32.3 Å². The summed E-state index contributed by atoms with van der Waals surface area (Å²) >= 11 is 9.27. The van der Waals surface area contributed by atoms with E-state index in [9.17, 15) is 0 Å². The topological polar surface area (TPSA) is 18.5 Å². The molecule has 0 saturated carbocycles. The fraction of sp³-hybridized carbons (Fsp3) is 0.500.